The summed E-state index contributed by atoms with van der Waals surface area (Å²) in [5.41, 5.74) is 3.19. The number of rotatable bonds is 2. The number of hydrogen-bond donors (Lipinski definition) is 0. The number of nitrogens with zero attached hydrogens (tertiary/aromatic N) is 2. The van der Waals surface area contributed by atoms with E-state index < -0.39 is 17.9 Å². The molecule has 25 heavy (non-hydrogen) atoms. The molecule has 0 N–H and O–H groups in total. The van der Waals surface area contributed by atoms with E-state index in [1.54, 1.807) is 0 Å². The zero-order chi connectivity index (χ0) is 17.7. The second-order valence-corrected chi connectivity index (χ2v) is 6.24. The number of halogens is 1. The van der Waals surface area contributed by atoms with Gasteiger partial charge >= 0.3 is 0 Å². The number of imide groups is 1. The number of para-hydroxylation sites is 1. The summed E-state index contributed by atoms with van der Waals surface area (Å²) in [6, 6.07) is 11.2. The highest BCUT2D eigenvalue weighted by Crippen LogP contribution is 2.37. The maximum absolute atomic E-state index is 13.2. The first-order chi connectivity index (χ1) is 12.0. The van der Waals surface area contributed by atoms with E-state index in [-0.39, 0.29) is 11.7 Å². The Bertz CT molecular complexity index is 901. The summed E-state index contributed by atoms with van der Waals surface area (Å²) < 4.78 is 13.2. The van der Waals surface area contributed by atoms with E-state index in [9.17, 15) is 14.0 Å². The van der Waals surface area contributed by atoms with Gasteiger partial charge in [0.15, 0.2) is 0 Å². The van der Waals surface area contributed by atoms with Gasteiger partial charge in [-0.15, -0.1) is 0 Å². The molecule has 6 heteroatoms. The molecule has 0 unspecified atom stereocenters. The average Bonchev–Trinajstić information content (AvgIpc) is 3.11. The SMILES string of the molecule is Cc1cccc(C)c1N1C(=O)[C@@H]2C(c3ccc(F)cc3)=NO[C@H]2C1=O. The van der Waals surface area contributed by atoms with Crippen molar-refractivity contribution < 1.29 is 18.8 Å². The molecule has 2 aliphatic rings. The van der Waals surface area contributed by atoms with Crippen LogP contribution in [0.4, 0.5) is 10.1 Å². The highest BCUT2D eigenvalue weighted by Gasteiger charge is 2.56. The molecule has 2 aromatic carbocycles. The molecule has 0 saturated carbocycles. The van der Waals surface area contributed by atoms with Crippen molar-refractivity contribution in [3.05, 3.63) is 65.0 Å². The van der Waals surface area contributed by atoms with Gasteiger partial charge in [0.1, 0.15) is 17.4 Å². The number of carbonyl (C=O) groups excluding carboxylic acids is 2. The smallest absolute Gasteiger partial charge is 0.278 e. The predicted molar refractivity (Wildman–Crippen MR) is 89.7 cm³/mol. The van der Waals surface area contributed by atoms with Crippen molar-refractivity contribution in [3.63, 3.8) is 0 Å². The van der Waals surface area contributed by atoms with Gasteiger partial charge < -0.3 is 4.84 Å². The minimum Gasteiger partial charge on any atom is -0.381 e. The van der Waals surface area contributed by atoms with Gasteiger partial charge in [0.05, 0.1) is 5.69 Å². The summed E-state index contributed by atoms with van der Waals surface area (Å²) in [6.45, 7) is 3.71. The second kappa shape index (κ2) is 5.51. The molecule has 1 fully saturated rings. The molecule has 0 spiro atoms. The molecule has 2 atom stereocenters. The number of anilines is 1. The number of aryl methyl sites for hydroxylation is 2. The third-order valence-corrected chi connectivity index (χ3v) is 4.62. The molecule has 2 aromatic rings. The van der Waals surface area contributed by atoms with Crippen molar-refractivity contribution in [1.82, 2.24) is 0 Å². The second-order valence-electron chi connectivity index (χ2n) is 6.24. The van der Waals surface area contributed by atoms with Gasteiger partial charge in [-0.25, -0.2) is 9.29 Å². The highest BCUT2D eigenvalue weighted by atomic mass is 19.1. The van der Waals surface area contributed by atoms with Crippen LogP contribution < -0.4 is 4.90 Å². The van der Waals surface area contributed by atoms with E-state index in [4.69, 9.17) is 4.84 Å². The van der Waals surface area contributed by atoms with Gasteiger partial charge in [0.25, 0.3) is 5.91 Å². The largest absolute Gasteiger partial charge is 0.381 e. The Balaban J connectivity index is 1.75. The van der Waals surface area contributed by atoms with E-state index in [2.05, 4.69) is 5.16 Å². The monoisotopic (exact) mass is 338 g/mol. The first kappa shape index (κ1) is 15.5. The fraction of sp³-hybridized carbons (Fsp3) is 0.211. The van der Waals surface area contributed by atoms with Crippen LogP contribution in [-0.4, -0.2) is 23.6 Å². The third-order valence-electron chi connectivity index (χ3n) is 4.62. The van der Waals surface area contributed by atoms with Gasteiger partial charge in [0.2, 0.25) is 12.0 Å². The summed E-state index contributed by atoms with van der Waals surface area (Å²) in [5, 5.41) is 3.92. The van der Waals surface area contributed by atoms with Crippen molar-refractivity contribution in [3.8, 4) is 0 Å². The minimum atomic E-state index is -0.966. The van der Waals surface area contributed by atoms with Crippen LogP contribution in [0.15, 0.2) is 47.6 Å². The van der Waals surface area contributed by atoms with Crippen LogP contribution in [0, 0.1) is 25.6 Å². The van der Waals surface area contributed by atoms with Gasteiger partial charge in [0, 0.05) is 5.56 Å². The summed E-state index contributed by atoms with van der Waals surface area (Å²) >= 11 is 0. The quantitative estimate of drug-likeness (QED) is 0.791. The Labute approximate surface area is 143 Å². The molecular weight excluding hydrogens is 323 g/mol. The Hall–Kier alpha value is -3.02. The van der Waals surface area contributed by atoms with Crippen molar-refractivity contribution in [2.24, 2.45) is 11.1 Å². The number of hydrogen-bond acceptors (Lipinski definition) is 4. The summed E-state index contributed by atoms with van der Waals surface area (Å²) in [6.07, 6.45) is -0.966. The lowest BCUT2D eigenvalue weighted by molar-refractivity contribution is -0.126. The molecule has 0 bridgehead atoms. The van der Waals surface area contributed by atoms with Gasteiger partial charge in [-0.05, 0) is 37.1 Å². The molecule has 2 heterocycles. The fourth-order valence-corrected chi connectivity index (χ4v) is 3.42. The lowest BCUT2D eigenvalue weighted by Crippen LogP contribution is -2.34. The number of oxime groups is 1. The zero-order valence-electron chi connectivity index (χ0n) is 13.7. The molecule has 2 amide bonds. The normalized spacial score (nSPS) is 22.0. The summed E-state index contributed by atoms with van der Waals surface area (Å²) in [4.78, 5) is 32.3. The van der Waals surface area contributed by atoms with Crippen LogP contribution in [0.3, 0.4) is 0 Å². The van der Waals surface area contributed by atoms with Crippen LogP contribution in [0.1, 0.15) is 16.7 Å². The van der Waals surface area contributed by atoms with E-state index in [0.29, 0.717) is 17.0 Å². The third kappa shape index (κ3) is 2.25. The van der Waals surface area contributed by atoms with Crippen molar-refractivity contribution in [2.75, 3.05) is 4.90 Å². The van der Waals surface area contributed by atoms with E-state index in [1.165, 1.54) is 29.2 Å². The Morgan fingerprint density at radius 3 is 2.28 bits per heavy atom. The van der Waals surface area contributed by atoms with Crippen molar-refractivity contribution >= 4 is 23.2 Å². The van der Waals surface area contributed by atoms with Gasteiger partial charge in [-0.3, -0.25) is 9.59 Å². The zero-order valence-corrected chi connectivity index (χ0v) is 13.7. The molecule has 1 saturated heterocycles. The van der Waals surface area contributed by atoms with Gasteiger partial charge in [-0.2, -0.15) is 0 Å². The van der Waals surface area contributed by atoms with E-state index >= 15 is 0 Å². The van der Waals surface area contributed by atoms with Crippen molar-refractivity contribution in [2.45, 2.75) is 20.0 Å². The first-order valence-corrected chi connectivity index (χ1v) is 7.92. The van der Waals surface area contributed by atoms with Crippen LogP contribution in [0.25, 0.3) is 0 Å². The van der Waals surface area contributed by atoms with E-state index in [0.717, 1.165) is 11.1 Å². The van der Waals surface area contributed by atoms with E-state index in [1.807, 2.05) is 32.0 Å². The summed E-state index contributed by atoms with van der Waals surface area (Å²) in [7, 11) is 0. The molecule has 5 nitrogen and oxygen atoms in total. The Morgan fingerprint density at radius 2 is 1.64 bits per heavy atom. The number of benzene rings is 2. The first-order valence-electron chi connectivity index (χ1n) is 7.92. The number of fused-ring (bicyclic) bond motifs is 1. The number of amides is 2. The summed E-state index contributed by atoms with van der Waals surface area (Å²) in [5.74, 6) is -1.98. The lowest BCUT2D eigenvalue weighted by Gasteiger charge is -2.20. The predicted octanol–water partition coefficient (Wildman–Crippen LogP) is 2.74. The fourth-order valence-electron chi connectivity index (χ4n) is 3.42. The Morgan fingerprint density at radius 1 is 1.00 bits per heavy atom. The standard InChI is InChI=1S/C19H15FN2O3/c1-10-4-3-5-11(2)16(10)22-18(23)14-15(21-25-17(14)19(22)24)12-6-8-13(20)9-7-12/h3-9,14,17H,1-2H3/t14-,17-/m1/s1. The highest BCUT2D eigenvalue weighted by molar-refractivity contribution is 6.32. The van der Waals surface area contributed by atoms with Gasteiger partial charge in [-0.1, -0.05) is 35.5 Å². The average molecular weight is 338 g/mol. The minimum absolute atomic E-state index is 0.358. The van der Waals surface area contributed by atoms with Crippen LogP contribution in [0.5, 0.6) is 0 Å². The molecule has 126 valence electrons. The Kier molecular flexibility index (Phi) is 3.42. The van der Waals surface area contributed by atoms with Crippen LogP contribution >= 0.6 is 0 Å². The lowest BCUT2D eigenvalue weighted by atomic mass is 9.94. The molecule has 2 aliphatic heterocycles. The van der Waals surface area contributed by atoms with Crippen LogP contribution in [0.2, 0.25) is 0 Å². The van der Waals surface area contributed by atoms with Crippen molar-refractivity contribution in [1.29, 1.82) is 0 Å². The molecular formula is C19H15FN2O3. The molecule has 0 radical (unpaired) electrons. The molecule has 4 rings (SSSR count). The van der Waals surface area contributed by atoms with Crippen LogP contribution in [-0.2, 0) is 14.4 Å². The maximum Gasteiger partial charge on any atom is 0.278 e. The number of carbonyl (C=O) groups is 2. The molecule has 0 aliphatic carbocycles. The topological polar surface area (TPSA) is 59.0 Å². The molecule has 0 aromatic heterocycles. The maximum atomic E-state index is 13.2.